The molecule has 1 N–H and O–H groups in total. The monoisotopic (exact) mass is 375 g/mol. The molecule has 0 aliphatic rings. The standard InChI is InChI=1S/C19H22BrNO2/c1-12-5-6-13(2)18(11-12)14(3)21-19(22)15(4)23-17-9-7-16(20)8-10-17/h5-11,14-15H,1-4H3,(H,21,22). The van der Waals surface area contributed by atoms with Gasteiger partial charge in [0.25, 0.3) is 5.91 Å². The summed E-state index contributed by atoms with van der Waals surface area (Å²) in [4.78, 5) is 12.3. The van der Waals surface area contributed by atoms with Gasteiger partial charge in [-0.2, -0.15) is 0 Å². The molecule has 2 unspecified atom stereocenters. The van der Waals surface area contributed by atoms with E-state index in [1.165, 1.54) is 11.1 Å². The highest BCUT2D eigenvalue weighted by Crippen LogP contribution is 2.20. The number of amides is 1. The molecule has 0 heterocycles. The van der Waals surface area contributed by atoms with Gasteiger partial charge in [-0.25, -0.2) is 0 Å². The van der Waals surface area contributed by atoms with E-state index in [0.717, 1.165) is 10.0 Å². The Morgan fingerprint density at radius 2 is 1.74 bits per heavy atom. The van der Waals surface area contributed by atoms with Gasteiger partial charge in [-0.15, -0.1) is 0 Å². The zero-order valence-corrected chi connectivity index (χ0v) is 15.5. The van der Waals surface area contributed by atoms with Crippen molar-refractivity contribution in [3.63, 3.8) is 0 Å². The molecule has 0 bridgehead atoms. The minimum atomic E-state index is -0.552. The minimum absolute atomic E-state index is 0.0571. The summed E-state index contributed by atoms with van der Waals surface area (Å²) in [5, 5.41) is 3.02. The van der Waals surface area contributed by atoms with Crippen molar-refractivity contribution in [2.24, 2.45) is 0 Å². The van der Waals surface area contributed by atoms with E-state index >= 15 is 0 Å². The third kappa shape index (κ3) is 4.83. The molecule has 0 fully saturated rings. The van der Waals surface area contributed by atoms with Gasteiger partial charge in [-0.1, -0.05) is 39.7 Å². The maximum Gasteiger partial charge on any atom is 0.261 e. The number of halogens is 1. The molecule has 2 aromatic carbocycles. The van der Waals surface area contributed by atoms with Gasteiger partial charge in [0.2, 0.25) is 0 Å². The summed E-state index contributed by atoms with van der Waals surface area (Å²) < 4.78 is 6.67. The van der Waals surface area contributed by atoms with Crippen molar-refractivity contribution < 1.29 is 9.53 Å². The molecule has 0 aliphatic carbocycles. The fourth-order valence-electron chi connectivity index (χ4n) is 2.41. The maximum absolute atomic E-state index is 12.3. The number of hydrogen-bond acceptors (Lipinski definition) is 2. The second kappa shape index (κ2) is 7.64. The van der Waals surface area contributed by atoms with Gasteiger partial charge in [0, 0.05) is 4.47 Å². The highest BCUT2D eigenvalue weighted by Gasteiger charge is 2.18. The lowest BCUT2D eigenvalue weighted by Crippen LogP contribution is -2.38. The molecule has 4 heteroatoms. The van der Waals surface area contributed by atoms with Gasteiger partial charge in [0.15, 0.2) is 6.10 Å². The molecule has 1 amide bonds. The van der Waals surface area contributed by atoms with Crippen molar-refractivity contribution in [2.75, 3.05) is 0 Å². The Labute approximate surface area is 146 Å². The van der Waals surface area contributed by atoms with E-state index in [0.29, 0.717) is 5.75 Å². The van der Waals surface area contributed by atoms with Crippen LogP contribution < -0.4 is 10.1 Å². The topological polar surface area (TPSA) is 38.3 Å². The summed E-state index contributed by atoms with van der Waals surface area (Å²) in [6, 6.07) is 13.7. The van der Waals surface area contributed by atoms with Crippen molar-refractivity contribution in [1.82, 2.24) is 5.32 Å². The van der Waals surface area contributed by atoms with Crippen LogP contribution in [0.25, 0.3) is 0 Å². The largest absolute Gasteiger partial charge is 0.481 e. The lowest BCUT2D eigenvalue weighted by molar-refractivity contribution is -0.127. The molecule has 2 rings (SSSR count). The number of aryl methyl sites for hydroxylation is 2. The van der Waals surface area contributed by atoms with Gasteiger partial charge in [0.05, 0.1) is 6.04 Å². The van der Waals surface area contributed by atoms with Crippen molar-refractivity contribution in [2.45, 2.75) is 39.8 Å². The number of nitrogens with one attached hydrogen (secondary N) is 1. The highest BCUT2D eigenvalue weighted by molar-refractivity contribution is 9.10. The predicted molar refractivity (Wildman–Crippen MR) is 96.7 cm³/mol. The molecule has 0 saturated carbocycles. The lowest BCUT2D eigenvalue weighted by atomic mass is 10.00. The second-order valence-corrected chi connectivity index (χ2v) is 6.72. The van der Waals surface area contributed by atoms with Crippen molar-refractivity contribution in [3.8, 4) is 5.75 Å². The number of rotatable bonds is 5. The molecule has 2 atom stereocenters. The van der Waals surface area contributed by atoms with Crippen LogP contribution in [-0.4, -0.2) is 12.0 Å². The predicted octanol–water partition coefficient (Wildman–Crippen LogP) is 4.71. The van der Waals surface area contributed by atoms with E-state index in [4.69, 9.17) is 4.74 Å². The molecule has 0 radical (unpaired) electrons. The van der Waals surface area contributed by atoms with Crippen molar-refractivity contribution in [1.29, 1.82) is 0 Å². The number of ether oxygens (including phenoxy) is 1. The van der Waals surface area contributed by atoms with Gasteiger partial charge < -0.3 is 10.1 Å². The van der Waals surface area contributed by atoms with Crippen LogP contribution in [0.4, 0.5) is 0 Å². The summed E-state index contributed by atoms with van der Waals surface area (Å²) in [7, 11) is 0. The first kappa shape index (κ1) is 17.5. The summed E-state index contributed by atoms with van der Waals surface area (Å²) in [6.45, 7) is 7.86. The van der Waals surface area contributed by atoms with E-state index in [2.05, 4.69) is 53.3 Å². The smallest absolute Gasteiger partial charge is 0.261 e. The third-order valence-corrected chi connectivity index (χ3v) is 4.28. The molecule has 122 valence electrons. The van der Waals surface area contributed by atoms with E-state index in [1.807, 2.05) is 31.2 Å². The van der Waals surface area contributed by atoms with Crippen LogP contribution in [0.15, 0.2) is 46.9 Å². The number of benzene rings is 2. The quantitative estimate of drug-likeness (QED) is 0.821. The number of carbonyl (C=O) groups excluding carboxylic acids is 1. The van der Waals surface area contributed by atoms with Gasteiger partial charge in [0.1, 0.15) is 5.75 Å². The van der Waals surface area contributed by atoms with Gasteiger partial charge in [-0.3, -0.25) is 4.79 Å². The zero-order chi connectivity index (χ0) is 17.0. The normalized spacial score (nSPS) is 13.3. The maximum atomic E-state index is 12.3. The summed E-state index contributed by atoms with van der Waals surface area (Å²) >= 11 is 3.38. The fraction of sp³-hybridized carbons (Fsp3) is 0.316. The number of hydrogen-bond donors (Lipinski definition) is 1. The van der Waals surface area contributed by atoms with Gasteiger partial charge in [-0.05, 0) is 63.1 Å². The van der Waals surface area contributed by atoms with E-state index < -0.39 is 6.10 Å². The minimum Gasteiger partial charge on any atom is -0.481 e. The van der Waals surface area contributed by atoms with Crippen LogP contribution in [0, 0.1) is 13.8 Å². The number of carbonyl (C=O) groups is 1. The fourth-order valence-corrected chi connectivity index (χ4v) is 2.67. The SMILES string of the molecule is Cc1ccc(C)c(C(C)NC(=O)C(C)Oc2ccc(Br)cc2)c1. The molecule has 2 aromatic rings. The van der Waals surface area contributed by atoms with E-state index in [-0.39, 0.29) is 11.9 Å². The van der Waals surface area contributed by atoms with Crippen molar-refractivity contribution in [3.05, 3.63) is 63.6 Å². The lowest BCUT2D eigenvalue weighted by Gasteiger charge is -2.20. The summed E-state index contributed by atoms with van der Waals surface area (Å²) in [6.07, 6.45) is -0.552. The first-order chi connectivity index (χ1) is 10.9. The molecule has 3 nitrogen and oxygen atoms in total. The average molecular weight is 376 g/mol. The Bertz CT molecular complexity index is 682. The Hall–Kier alpha value is -1.81. The van der Waals surface area contributed by atoms with Crippen LogP contribution in [0.3, 0.4) is 0 Å². The van der Waals surface area contributed by atoms with Crippen LogP contribution in [0.5, 0.6) is 5.75 Å². The van der Waals surface area contributed by atoms with Crippen LogP contribution in [-0.2, 0) is 4.79 Å². The van der Waals surface area contributed by atoms with E-state index in [9.17, 15) is 4.79 Å². The Balaban J connectivity index is 2.00. The van der Waals surface area contributed by atoms with E-state index in [1.54, 1.807) is 6.92 Å². The second-order valence-electron chi connectivity index (χ2n) is 5.80. The molecule has 0 spiro atoms. The Morgan fingerprint density at radius 1 is 1.09 bits per heavy atom. The van der Waals surface area contributed by atoms with Crippen LogP contribution >= 0.6 is 15.9 Å². The Kier molecular flexibility index (Phi) is 5.83. The molecule has 0 aromatic heterocycles. The summed E-state index contributed by atoms with van der Waals surface area (Å²) in [5.41, 5.74) is 3.49. The first-order valence-electron chi connectivity index (χ1n) is 7.66. The zero-order valence-electron chi connectivity index (χ0n) is 13.9. The molecule has 0 saturated heterocycles. The van der Waals surface area contributed by atoms with Crippen LogP contribution in [0.2, 0.25) is 0 Å². The van der Waals surface area contributed by atoms with Crippen LogP contribution in [0.1, 0.15) is 36.6 Å². The van der Waals surface area contributed by atoms with Crippen molar-refractivity contribution >= 4 is 21.8 Å². The first-order valence-corrected chi connectivity index (χ1v) is 8.46. The molecule has 0 aliphatic heterocycles. The summed E-state index contributed by atoms with van der Waals surface area (Å²) in [5.74, 6) is 0.552. The molecule has 23 heavy (non-hydrogen) atoms. The average Bonchev–Trinajstić information content (AvgIpc) is 2.51. The van der Waals surface area contributed by atoms with Gasteiger partial charge >= 0.3 is 0 Å². The highest BCUT2D eigenvalue weighted by atomic mass is 79.9. The Morgan fingerprint density at radius 3 is 2.39 bits per heavy atom. The molecular weight excluding hydrogens is 354 g/mol. The third-order valence-electron chi connectivity index (χ3n) is 3.76. The molecular formula is C19H22BrNO2.